The third-order valence-electron chi connectivity index (χ3n) is 4.01. The third kappa shape index (κ3) is 4.30. The van der Waals surface area contributed by atoms with Gasteiger partial charge < -0.3 is 10.1 Å². The molecule has 0 heterocycles. The molecule has 3 heteroatoms. The van der Waals surface area contributed by atoms with Crippen LogP contribution in [-0.4, -0.2) is 44.3 Å². The Morgan fingerprint density at radius 2 is 2.00 bits per heavy atom. The van der Waals surface area contributed by atoms with Gasteiger partial charge in [0.2, 0.25) is 0 Å². The van der Waals surface area contributed by atoms with Crippen molar-refractivity contribution in [3.05, 3.63) is 35.9 Å². The van der Waals surface area contributed by atoms with Gasteiger partial charge in [-0.25, -0.2) is 0 Å². The van der Waals surface area contributed by atoms with Crippen LogP contribution >= 0.6 is 0 Å². The molecule has 19 heavy (non-hydrogen) atoms. The smallest absolute Gasteiger partial charge is 0.0657 e. The van der Waals surface area contributed by atoms with E-state index in [1.807, 2.05) is 0 Å². The van der Waals surface area contributed by atoms with Crippen LogP contribution in [-0.2, 0) is 4.74 Å². The Morgan fingerprint density at radius 1 is 1.32 bits per heavy atom. The van der Waals surface area contributed by atoms with Crippen LogP contribution in [0.4, 0.5) is 0 Å². The number of benzene rings is 1. The number of hydrogen-bond donors (Lipinski definition) is 1. The third-order valence-corrected chi connectivity index (χ3v) is 4.01. The van der Waals surface area contributed by atoms with Gasteiger partial charge >= 0.3 is 0 Å². The van der Waals surface area contributed by atoms with Crippen LogP contribution in [0.3, 0.4) is 0 Å². The number of nitrogens with zero attached hydrogens (tertiary/aromatic N) is 1. The molecule has 0 spiro atoms. The minimum Gasteiger partial charge on any atom is -0.383 e. The molecule has 3 nitrogen and oxygen atoms in total. The second-order valence-electron chi connectivity index (χ2n) is 5.57. The SMILES string of the molecule is COCC(NCC(C)N(C)C1CC1)c1ccccc1. The van der Waals surface area contributed by atoms with E-state index in [4.69, 9.17) is 4.74 Å². The van der Waals surface area contributed by atoms with Crippen molar-refractivity contribution >= 4 is 0 Å². The van der Waals surface area contributed by atoms with Crippen molar-refractivity contribution in [3.63, 3.8) is 0 Å². The molecule has 0 saturated heterocycles. The average Bonchev–Trinajstić information content (AvgIpc) is 3.27. The lowest BCUT2D eigenvalue weighted by molar-refractivity contribution is 0.158. The highest BCUT2D eigenvalue weighted by atomic mass is 16.5. The summed E-state index contributed by atoms with van der Waals surface area (Å²) in [5.74, 6) is 0. The van der Waals surface area contributed by atoms with Gasteiger partial charge in [0.15, 0.2) is 0 Å². The number of ether oxygens (including phenoxy) is 1. The molecule has 0 aromatic heterocycles. The number of rotatable bonds is 8. The molecule has 0 radical (unpaired) electrons. The van der Waals surface area contributed by atoms with E-state index >= 15 is 0 Å². The fourth-order valence-corrected chi connectivity index (χ4v) is 2.42. The van der Waals surface area contributed by atoms with E-state index in [-0.39, 0.29) is 6.04 Å². The summed E-state index contributed by atoms with van der Waals surface area (Å²) in [6, 6.07) is 12.2. The summed E-state index contributed by atoms with van der Waals surface area (Å²) in [5.41, 5.74) is 1.30. The van der Waals surface area contributed by atoms with Gasteiger partial charge in [-0.05, 0) is 32.4 Å². The molecule has 0 aliphatic heterocycles. The first-order valence-corrected chi connectivity index (χ1v) is 7.21. The molecular formula is C16H26N2O. The number of methoxy groups -OCH3 is 1. The van der Waals surface area contributed by atoms with Gasteiger partial charge in [-0.1, -0.05) is 30.3 Å². The van der Waals surface area contributed by atoms with Crippen molar-refractivity contribution in [1.29, 1.82) is 0 Å². The molecule has 1 fully saturated rings. The predicted molar refractivity (Wildman–Crippen MR) is 79.3 cm³/mol. The van der Waals surface area contributed by atoms with Crippen LogP contribution in [0.2, 0.25) is 0 Å². The molecule has 1 saturated carbocycles. The van der Waals surface area contributed by atoms with Crippen molar-refractivity contribution in [2.45, 2.75) is 37.9 Å². The largest absolute Gasteiger partial charge is 0.383 e. The molecule has 1 aromatic rings. The minimum atomic E-state index is 0.279. The number of hydrogen-bond acceptors (Lipinski definition) is 3. The summed E-state index contributed by atoms with van der Waals surface area (Å²) in [7, 11) is 4.00. The molecular weight excluding hydrogens is 236 g/mol. The molecule has 0 bridgehead atoms. The van der Waals surface area contributed by atoms with E-state index < -0.39 is 0 Å². The van der Waals surface area contributed by atoms with Crippen molar-refractivity contribution in [1.82, 2.24) is 10.2 Å². The maximum atomic E-state index is 5.33. The van der Waals surface area contributed by atoms with Crippen molar-refractivity contribution in [3.8, 4) is 0 Å². The molecule has 2 unspecified atom stereocenters. The van der Waals surface area contributed by atoms with Gasteiger partial charge in [-0.2, -0.15) is 0 Å². The Kier molecular flexibility index (Phi) is 5.37. The summed E-state index contributed by atoms with van der Waals surface area (Å²) in [5, 5.41) is 3.63. The van der Waals surface area contributed by atoms with Crippen molar-refractivity contribution in [2.75, 3.05) is 27.3 Å². The Balaban J connectivity index is 1.86. The Labute approximate surface area is 116 Å². The van der Waals surface area contributed by atoms with Crippen molar-refractivity contribution in [2.24, 2.45) is 0 Å². The Morgan fingerprint density at radius 3 is 2.58 bits per heavy atom. The fraction of sp³-hybridized carbons (Fsp3) is 0.625. The maximum Gasteiger partial charge on any atom is 0.0657 e. The molecule has 2 atom stereocenters. The second kappa shape index (κ2) is 7.04. The van der Waals surface area contributed by atoms with Crippen molar-refractivity contribution < 1.29 is 4.74 Å². The van der Waals surface area contributed by atoms with Gasteiger partial charge in [0.1, 0.15) is 0 Å². The summed E-state index contributed by atoms with van der Waals surface area (Å²) < 4.78 is 5.33. The van der Waals surface area contributed by atoms with E-state index in [2.05, 4.69) is 54.5 Å². The molecule has 1 aliphatic rings. The fourth-order valence-electron chi connectivity index (χ4n) is 2.42. The van der Waals surface area contributed by atoms with Gasteiger partial charge in [-0.3, -0.25) is 4.90 Å². The highest BCUT2D eigenvalue weighted by Gasteiger charge is 2.29. The topological polar surface area (TPSA) is 24.5 Å². The highest BCUT2D eigenvalue weighted by molar-refractivity contribution is 5.19. The first kappa shape index (κ1) is 14.5. The summed E-state index contributed by atoms with van der Waals surface area (Å²) in [6.45, 7) is 4.00. The highest BCUT2D eigenvalue weighted by Crippen LogP contribution is 2.26. The molecule has 1 aromatic carbocycles. The van der Waals surface area contributed by atoms with E-state index in [1.165, 1.54) is 18.4 Å². The first-order chi connectivity index (χ1) is 9.22. The second-order valence-corrected chi connectivity index (χ2v) is 5.57. The summed E-state index contributed by atoms with van der Waals surface area (Å²) in [4.78, 5) is 2.49. The monoisotopic (exact) mass is 262 g/mol. The predicted octanol–water partition coefficient (Wildman–Crippen LogP) is 2.45. The molecule has 1 aliphatic carbocycles. The molecule has 106 valence electrons. The van der Waals surface area contributed by atoms with Gasteiger partial charge in [0, 0.05) is 25.7 Å². The Hall–Kier alpha value is -0.900. The van der Waals surface area contributed by atoms with Crippen LogP contribution in [0.15, 0.2) is 30.3 Å². The van der Waals surface area contributed by atoms with Crippen LogP contribution in [0.5, 0.6) is 0 Å². The lowest BCUT2D eigenvalue weighted by Crippen LogP contribution is -2.41. The minimum absolute atomic E-state index is 0.279. The molecule has 1 N–H and O–H groups in total. The van der Waals surface area contributed by atoms with Crippen LogP contribution < -0.4 is 5.32 Å². The number of nitrogens with one attached hydrogen (secondary N) is 1. The summed E-state index contributed by atoms with van der Waals surface area (Å²) in [6.07, 6.45) is 2.72. The van der Waals surface area contributed by atoms with E-state index in [0.29, 0.717) is 12.6 Å². The standard InChI is InChI=1S/C16H26N2O/c1-13(18(2)15-9-10-15)11-17-16(12-19-3)14-7-5-4-6-8-14/h4-8,13,15-17H,9-12H2,1-3H3. The summed E-state index contributed by atoms with van der Waals surface area (Å²) >= 11 is 0. The van der Waals surface area contributed by atoms with E-state index in [1.54, 1.807) is 7.11 Å². The quantitative estimate of drug-likeness (QED) is 0.779. The zero-order valence-electron chi connectivity index (χ0n) is 12.3. The van der Waals surface area contributed by atoms with Crippen LogP contribution in [0.25, 0.3) is 0 Å². The lowest BCUT2D eigenvalue weighted by Gasteiger charge is -2.27. The normalized spacial score (nSPS) is 18.5. The van der Waals surface area contributed by atoms with Gasteiger partial charge in [-0.15, -0.1) is 0 Å². The first-order valence-electron chi connectivity index (χ1n) is 7.21. The zero-order chi connectivity index (χ0) is 13.7. The average molecular weight is 262 g/mol. The maximum absolute atomic E-state index is 5.33. The van der Waals surface area contributed by atoms with E-state index in [0.717, 1.165) is 12.6 Å². The number of likely N-dealkylation sites (N-methyl/N-ethyl adjacent to an activating group) is 1. The van der Waals surface area contributed by atoms with Crippen LogP contribution in [0, 0.1) is 0 Å². The molecule has 2 rings (SSSR count). The van der Waals surface area contributed by atoms with Crippen LogP contribution in [0.1, 0.15) is 31.4 Å². The van der Waals surface area contributed by atoms with E-state index in [9.17, 15) is 0 Å². The zero-order valence-corrected chi connectivity index (χ0v) is 12.3. The Bertz CT molecular complexity index is 364. The molecule has 0 amide bonds. The lowest BCUT2D eigenvalue weighted by atomic mass is 10.1. The van der Waals surface area contributed by atoms with Gasteiger partial charge in [0.25, 0.3) is 0 Å². The van der Waals surface area contributed by atoms with Gasteiger partial charge in [0.05, 0.1) is 12.6 Å².